The monoisotopic (exact) mass is 385 g/mol. The Morgan fingerprint density at radius 1 is 1.14 bits per heavy atom. The number of non-ortho nitro benzene ring substituents is 1. The van der Waals surface area contributed by atoms with Crippen molar-refractivity contribution in [3.8, 4) is 0 Å². The highest BCUT2D eigenvalue weighted by Crippen LogP contribution is 2.61. The number of hydrogen-bond donors (Lipinski definition) is 0. The average molecular weight is 385 g/mol. The van der Waals surface area contributed by atoms with Crippen molar-refractivity contribution in [2.75, 3.05) is 14.2 Å². The summed E-state index contributed by atoms with van der Waals surface area (Å²) in [6.45, 7) is 4.26. The fraction of sp³-hybridized carbons (Fsp3) is 0.429. The molecule has 0 radical (unpaired) electrons. The number of hydrogen-bond acceptors (Lipinski definition) is 6. The number of nitrogens with zero attached hydrogens (tertiary/aromatic N) is 1. The second-order valence-corrected chi connectivity index (χ2v) is 7.26. The number of methoxy groups -OCH3 is 2. The molecular weight excluding hydrogens is 362 g/mol. The van der Waals surface area contributed by atoms with Gasteiger partial charge in [-0.25, -0.2) is 0 Å². The van der Waals surface area contributed by atoms with E-state index in [1.165, 1.54) is 26.4 Å². The van der Waals surface area contributed by atoms with Crippen molar-refractivity contribution in [1.29, 1.82) is 0 Å². The highest BCUT2D eigenvalue weighted by molar-refractivity contribution is 5.88. The summed E-state index contributed by atoms with van der Waals surface area (Å²) >= 11 is 0. The first-order valence-electron chi connectivity index (χ1n) is 9.14. The van der Waals surface area contributed by atoms with Gasteiger partial charge in [0.25, 0.3) is 5.69 Å². The van der Waals surface area contributed by atoms with E-state index in [1.54, 1.807) is 12.1 Å². The van der Waals surface area contributed by atoms with Crippen LogP contribution in [0.5, 0.6) is 0 Å². The van der Waals surface area contributed by atoms with Crippen molar-refractivity contribution in [3.63, 3.8) is 0 Å². The quantitative estimate of drug-likeness (QED) is 0.322. The van der Waals surface area contributed by atoms with Crippen LogP contribution >= 0.6 is 0 Å². The van der Waals surface area contributed by atoms with Gasteiger partial charge in [-0.2, -0.15) is 0 Å². The van der Waals surface area contributed by atoms with Crippen molar-refractivity contribution in [3.05, 3.63) is 58.7 Å². The lowest BCUT2D eigenvalue weighted by molar-refractivity contribution is -0.384. The van der Waals surface area contributed by atoms with Gasteiger partial charge in [-0.05, 0) is 48.4 Å². The van der Waals surface area contributed by atoms with Gasteiger partial charge >= 0.3 is 11.9 Å². The van der Waals surface area contributed by atoms with E-state index >= 15 is 0 Å². The smallest absolute Gasteiger partial charge is 0.310 e. The van der Waals surface area contributed by atoms with E-state index in [0.29, 0.717) is 17.6 Å². The molecule has 1 saturated carbocycles. The summed E-state index contributed by atoms with van der Waals surface area (Å²) in [5.41, 5.74) is 0.542. The average Bonchev–Trinajstić information content (AvgIpc) is 3.57. The van der Waals surface area contributed by atoms with Gasteiger partial charge in [0.05, 0.1) is 31.0 Å². The number of allylic oxidation sites excluding steroid dienone is 3. The third-order valence-electron chi connectivity index (χ3n) is 5.86. The number of ether oxygens (including phenoxy) is 2. The number of carbonyl (C=O) groups is 2. The van der Waals surface area contributed by atoms with Crippen LogP contribution in [-0.4, -0.2) is 31.1 Å². The van der Waals surface area contributed by atoms with Crippen LogP contribution in [0.25, 0.3) is 5.57 Å². The lowest BCUT2D eigenvalue weighted by Crippen LogP contribution is -2.47. The maximum absolute atomic E-state index is 12.8. The molecule has 3 rings (SSSR count). The molecule has 7 heteroatoms. The van der Waals surface area contributed by atoms with Crippen LogP contribution in [0.15, 0.2) is 43.0 Å². The van der Waals surface area contributed by atoms with Crippen LogP contribution in [0.1, 0.15) is 24.8 Å². The van der Waals surface area contributed by atoms with Gasteiger partial charge < -0.3 is 9.47 Å². The molecule has 0 N–H and O–H groups in total. The van der Waals surface area contributed by atoms with Crippen molar-refractivity contribution >= 4 is 23.2 Å². The van der Waals surface area contributed by atoms with Crippen molar-refractivity contribution in [1.82, 2.24) is 0 Å². The summed E-state index contributed by atoms with van der Waals surface area (Å²) < 4.78 is 10.0. The van der Waals surface area contributed by atoms with Crippen molar-refractivity contribution < 1.29 is 24.0 Å². The van der Waals surface area contributed by atoms with Crippen LogP contribution in [-0.2, 0) is 19.1 Å². The van der Waals surface area contributed by atoms with Crippen LogP contribution in [0.3, 0.4) is 0 Å². The van der Waals surface area contributed by atoms with Gasteiger partial charge in [0.2, 0.25) is 0 Å². The summed E-state index contributed by atoms with van der Waals surface area (Å²) in [6, 6.07) is 6.10. The van der Waals surface area contributed by atoms with E-state index in [0.717, 1.165) is 12.8 Å². The third kappa shape index (κ3) is 3.21. The minimum atomic E-state index is -0.791. The zero-order valence-corrected chi connectivity index (χ0v) is 15.9. The Balaban J connectivity index is 2.10. The molecule has 0 amide bonds. The van der Waals surface area contributed by atoms with Crippen LogP contribution in [0, 0.1) is 33.3 Å². The fourth-order valence-electron chi connectivity index (χ4n) is 4.37. The molecular formula is C21H23NO6. The molecule has 0 heterocycles. The molecule has 0 spiro atoms. The predicted octanol–water partition coefficient (Wildman–Crippen LogP) is 3.54. The Hall–Kier alpha value is -2.96. The van der Waals surface area contributed by atoms with Gasteiger partial charge in [0, 0.05) is 17.5 Å². The molecule has 0 bridgehead atoms. The van der Waals surface area contributed by atoms with E-state index < -0.39 is 34.1 Å². The van der Waals surface area contributed by atoms with E-state index in [4.69, 9.17) is 9.47 Å². The molecule has 0 saturated heterocycles. The molecule has 0 aromatic heterocycles. The van der Waals surface area contributed by atoms with Crippen LogP contribution < -0.4 is 0 Å². The van der Waals surface area contributed by atoms with Gasteiger partial charge in [0.1, 0.15) is 0 Å². The largest absolute Gasteiger partial charge is 0.469 e. The molecule has 7 nitrogen and oxygen atoms in total. The topological polar surface area (TPSA) is 95.7 Å². The maximum atomic E-state index is 12.8. The normalized spacial score (nSPS) is 26.4. The first-order valence-corrected chi connectivity index (χ1v) is 9.14. The number of rotatable bonds is 6. The Morgan fingerprint density at radius 3 is 2.25 bits per heavy atom. The molecule has 0 unspecified atom stereocenters. The zero-order chi connectivity index (χ0) is 20.5. The molecule has 1 aromatic rings. The maximum Gasteiger partial charge on any atom is 0.310 e. The Labute approximate surface area is 163 Å². The lowest BCUT2D eigenvalue weighted by atomic mass is 9.58. The number of carbonyl (C=O) groups excluding carboxylic acids is 2. The molecule has 0 aliphatic heterocycles. The highest BCUT2D eigenvalue weighted by atomic mass is 16.6. The highest BCUT2D eigenvalue weighted by Gasteiger charge is 2.58. The molecule has 148 valence electrons. The van der Waals surface area contributed by atoms with Crippen LogP contribution in [0.2, 0.25) is 0 Å². The summed E-state index contributed by atoms with van der Waals surface area (Å²) in [7, 11) is 2.61. The summed E-state index contributed by atoms with van der Waals surface area (Å²) in [5.74, 6) is -2.22. The lowest BCUT2D eigenvalue weighted by Gasteiger charge is -2.44. The van der Waals surface area contributed by atoms with E-state index in [-0.39, 0.29) is 11.6 Å². The molecule has 3 atom stereocenters. The van der Waals surface area contributed by atoms with Crippen molar-refractivity contribution in [2.45, 2.75) is 19.3 Å². The Kier molecular flexibility index (Phi) is 5.36. The molecule has 2 aliphatic rings. The predicted molar refractivity (Wildman–Crippen MR) is 102 cm³/mol. The fourth-order valence-corrected chi connectivity index (χ4v) is 4.37. The number of nitro groups is 1. The van der Waals surface area contributed by atoms with E-state index in [2.05, 4.69) is 6.58 Å². The van der Waals surface area contributed by atoms with Crippen LogP contribution in [0.4, 0.5) is 5.69 Å². The zero-order valence-electron chi connectivity index (χ0n) is 15.9. The summed E-state index contributed by atoms with van der Waals surface area (Å²) in [4.78, 5) is 35.8. The van der Waals surface area contributed by atoms with Gasteiger partial charge in [-0.1, -0.05) is 18.7 Å². The number of nitro benzene ring substituents is 1. The molecule has 1 fully saturated rings. The van der Waals surface area contributed by atoms with Gasteiger partial charge in [0.15, 0.2) is 0 Å². The Morgan fingerprint density at radius 2 is 1.75 bits per heavy atom. The van der Waals surface area contributed by atoms with Gasteiger partial charge in [-0.15, -0.1) is 0 Å². The minimum absolute atomic E-state index is 0.0202. The van der Waals surface area contributed by atoms with Crippen molar-refractivity contribution in [2.24, 2.45) is 23.2 Å². The number of esters is 2. The first kappa shape index (κ1) is 19.8. The SMILES string of the molecule is C=C(c1ccc([N+](=O)[O-])cc1)[C@@]1(C2CC2)C=CC[C@@H](C(=O)OC)[C@@H]1C(=O)OC. The standard InChI is InChI=1S/C21H23NO6/c1-13(14-6-10-16(11-7-14)22(25)26)21(15-8-9-15)12-4-5-17(19(23)27-2)18(21)20(24)28-3/h4,6-7,10-12,15,17-18H,1,5,8-9H2,2-3H3/t17-,18-,21-/m1/s1. The molecule has 28 heavy (non-hydrogen) atoms. The third-order valence-corrected chi connectivity index (χ3v) is 5.86. The summed E-state index contributed by atoms with van der Waals surface area (Å²) in [5, 5.41) is 11.0. The minimum Gasteiger partial charge on any atom is -0.469 e. The second-order valence-electron chi connectivity index (χ2n) is 7.26. The summed E-state index contributed by atoms with van der Waals surface area (Å²) in [6.07, 6.45) is 6.05. The van der Waals surface area contributed by atoms with Gasteiger partial charge in [-0.3, -0.25) is 19.7 Å². The van der Waals surface area contributed by atoms with E-state index in [9.17, 15) is 19.7 Å². The molecule has 2 aliphatic carbocycles. The second kappa shape index (κ2) is 7.58. The Bertz CT molecular complexity index is 839. The number of benzene rings is 1. The van der Waals surface area contributed by atoms with E-state index in [1.807, 2.05) is 12.2 Å². The first-order chi connectivity index (χ1) is 13.4. The molecule has 1 aromatic carbocycles.